The number of hydrogen-bond donors (Lipinski definition) is 0. The van der Waals surface area contributed by atoms with Crippen molar-refractivity contribution in [3.63, 3.8) is 0 Å². The fourth-order valence-corrected chi connectivity index (χ4v) is 1.18. The quantitative estimate of drug-likeness (QED) is 0.767. The van der Waals surface area contributed by atoms with Gasteiger partial charge in [-0.15, -0.1) is 0 Å². The van der Waals surface area contributed by atoms with Crippen LogP contribution >= 0.6 is 15.9 Å². The third-order valence-electron chi connectivity index (χ3n) is 1.62. The summed E-state index contributed by atoms with van der Waals surface area (Å²) in [4.78, 5) is 0. The van der Waals surface area contributed by atoms with Crippen LogP contribution in [0.5, 0.6) is 5.75 Å². The van der Waals surface area contributed by atoms with Gasteiger partial charge in [-0.2, -0.15) is 0 Å². The first-order chi connectivity index (χ1) is 6.16. The van der Waals surface area contributed by atoms with Crippen molar-refractivity contribution in [1.82, 2.24) is 0 Å². The molecular formula is C9H10BrFO2. The summed E-state index contributed by atoms with van der Waals surface area (Å²) in [5, 5.41) is 0. The van der Waals surface area contributed by atoms with E-state index in [0.29, 0.717) is 5.56 Å². The monoisotopic (exact) mass is 248 g/mol. The molecular weight excluding hydrogens is 239 g/mol. The zero-order valence-corrected chi connectivity index (χ0v) is 9.02. The van der Waals surface area contributed by atoms with E-state index in [1.165, 1.54) is 7.11 Å². The van der Waals surface area contributed by atoms with Gasteiger partial charge in [-0.3, -0.25) is 0 Å². The lowest BCUT2D eigenvalue weighted by Gasteiger charge is -2.08. The molecule has 2 nitrogen and oxygen atoms in total. The van der Waals surface area contributed by atoms with E-state index in [2.05, 4.69) is 20.7 Å². The second-order valence-electron chi connectivity index (χ2n) is 2.54. The van der Waals surface area contributed by atoms with Gasteiger partial charge in [-0.1, -0.05) is 15.9 Å². The summed E-state index contributed by atoms with van der Waals surface area (Å²) in [7, 11) is 1.49. The summed E-state index contributed by atoms with van der Waals surface area (Å²) in [6.45, 7) is 1.73. The maximum Gasteiger partial charge on any atom is 0.188 e. The Morgan fingerprint density at radius 1 is 1.46 bits per heavy atom. The van der Waals surface area contributed by atoms with Gasteiger partial charge in [-0.05, 0) is 19.1 Å². The molecule has 0 saturated heterocycles. The van der Waals surface area contributed by atoms with Gasteiger partial charge >= 0.3 is 0 Å². The molecule has 0 aliphatic rings. The molecule has 0 unspecified atom stereocenters. The average molecular weight is 249 g/mol. The fraction of sp³-hybridized carbons (Fsp3) is 0.333. The number of halogens is 2. The molecule has 0 aromatic heterocycles. The Morgan fingerprint density at radius 2 is 2.15 bits per heavy atom. The second kappa shape index (κ2) is 4.58. The highest BCUT2D eigenvalue weighted by Gasteiger charge is 2.08. The molecule has 1 aromatic carbocycles. The molecule has 1 rings (SSSR count). The molecule has 13 heavy (non-hydrogen) atoms. The van der Waals surface area contributed by atoms with Crippen LogP contribution in [0.2, 0.25) is 0 Å². The Bertz CT molecular complexity index is 302. The van der Waals surface area contributed by atoms with Crippen LogP contribution in [0, 0.1) is 12.7 Å². The number of hydrogen-bond acceptors (Lipinski definition) is 2. The van der Waals surface area contributed by atoms with Gasteiger partial charge < -0.3 is 9.47 Å². The molecule has 0 aliphatic carbocycles. The molecule has 0 aliphatic heterocycles. The molecule has 0 fully saturated rings. The number of benzene rings is 1. The Kier molecular flexibility index (Phi) is 3.69. The van der Waals surface area contributed by atoms with Gasteiger partial charge in [0.25, 0.3) is 0 Å². The molecule has 0 atom stereocenters. The zero-order chi connectivity index (χ0) is 9.84. The second-order valence-corrected chi connectivity index (χ2v) is 3.39. The third kappa shape index (κ3) is 2.42. The molecule has 0 bridgehead atoms. The fourth-order valence-electron chi connectivity index (χ4n) is 0.871. The Balaban J connectivity index is 2.90. The summed E-state index contributed by atoms with van der Waals surface area (Å²) < 4.78 is 23.8. The van der Waals surface area contributed by atoms with E-state index >= 15 is 0 Å². The molecule has 72 valence electrons. The number of ether oxygens (including phenoxy) is 2. The maximum absolute atomic E-state index is 13.4. The predicted molar refractivity (Wildman–Crippen MR) is 51.3 cm³/mol. The molecule has 1 aromatic rings. The highest BCUT2D eigenvalue weighted by Crippen LogP contribution is 2.26. The zero-order valence-electron chi connectivity index (χ0n) is 7.43. The molecule has 0 radical (unpaired) electrons. The normalized spacial score (nSPS) is 10.2. The lowest BCUT2D eigenvalue weighted by molar-refractivity contribution is 0.0482. The Morgan fingerprint density at radius 3 is 2.77 bits per heavy atom. The van der Waals surface area contributed by atoms with Crippen LogP contribution in [-0.4, -0.2) is 13.9 Å². The van der Waals surface area contributed by atoms with E-state index in [4.69, 9.17) is 4.74 Å². The highest BCUT2D eigenvalue weighted by molar-refractivity contribution is 9.10. The van der Waals surface area contributed by atoms with Gasteiger partial charge in [0.15, 0.2) is 18.4 Å². The first-order valence-electron chi connectivity index (χ1n) is 3.73. The van der Waals surface area contributed by atoms with Crippen molar-refractivity contribution < 1.29 is 13.9 Å². The van der Waals surface area contributed by atoms with Crippen molar-refractivity contribution in [1.29, 1.82) is 0 Å². The first-order valence-corrected chi connectivity index (χ1v) is 4.52. The van der Waals surface area contributed by atoms with E-state index in [-0.39, 0.29) is 18.4 Å². The third-order valence-corrected chi connectivity index (χ3v) is 2.48. The van der Waals surface area contributed by atoms with Gasteiger partial charge in [0.1, 0.15) is 0 Å². The van der Waals surface area contributed by atoms with Gasteiger partial charge in [0, 0.05) is 17.1 Å². The van der Waals surface area contributed by atoms with E-state index in [0.717, 1.165) is 4.47 Å². The minimum Gasteiger partial charge on any atom is -0.464 e. The highest BCUT2D eigenvalue weighted by atomic mass is 79.9. The number of methoxy groups -OCH3 is 1. The summed E-state index contributed by atoms with van der Waals surface area (Å²) in [6, 6.07) is 3.30. The van der Waals surface area contributed by atoms with Crippen LogP contribution in [0.1, 0.15) is 5.56 Å². The molecule has 0 amide bonds. The topological polar surface area (TPSA) is 18.5 Å². The van der Waals surface area contributed by atoms with Crippen LogP contribution in [-0.2, 0) is 4.74 Å². The summed E-state index contributed by atoms with van der Waals surface area (Å²) in [5.41, 5.74) is 0.536. The molecule has 0 heterocycles. The van der Waals surface area contributed by atoms with Crippen molar-refractivity contribution in [2.45, 2.75) is 6.92 Å². The smallest absolute Gasteiger partial charge is 0.188 e. The SMILES string of the molecule is COCOc1ccc(Br)c(C)c1F. The first kappa shape index (κ1) is 10.5. The summed E-state index contributed by atoms with van der Waals surface area (Å²) in [6.07, 6.45) is 0. The van der Waals surface area contributed by atoms with Gasteiger partial charge in [0.2, 0.25) is 0 Å². The summed E-state index contributed by atoms with van der Waals surface area (Å²) >= 11 is 3.22. The van der Waals surface area contributed by atoms with E-state index in [1.807, 2.05) is 0 Å². The minimum atomic E-state index is -0.355. The van der Waals surface area contributed by atoms with Crippen molar-refractivity contribution in [2.24, 2.45) is 0 Å². The van der Waals surface area contributed by atoms with Crippen LogP contribution < -0.4 is 4.74 Å². The van der Waals surface area contributed by atoms with Crippen LogP contribution in [0.25, 0.3) is 0 Å². The van der Waals surface area contributed by atoms with E-state index in [1.54, 1.807) is 19.1 Å². The van der Waals surface area contributed by atoms with Crippen molar-refractivity contribution in [3.05, 3.63) is 28.0 Å². The van der Waals surface area contributed by atoms with Crippen LogP contribution in [0.4, 0.5) is 4.39 Å². The molecule has 0 N–H and O–H groups in total. The Labute approximate surface area is 84.8 Å². The minimum absolute atomic E-state index is 0.0536. The van der Waals surface area contributed by atoms with Crippen LogP contribution in [0.15, 0.2) is 16.6 Å². The van der Waals surface area contributed by atoms with Crippen molar-refractivity contribution in [2.75, 3.05) is 13.9 Å². The predicted octanol–water partition coefficient (Wildman–Crippen LogP) is 2.88. The van der Waals surface area contributed by atoms with Crippen LogP contribution in [0.3, 0.4) is 0 Å². The molecule has 0 saturated carbocycles. The standard InChI is InChI=1S/C9H10BrFO2/c1-6-7(10)3-4-8(9(6)11)13-5-12-2/h3-4H,5H2,1-2H3. The average Bonchev–Trinajstić information content (AvgIpc) is 2.13. The van der Waals surface area contributed by atoms with Crippen molar-refractivity contribution in [3.8, 4) is 5.75 Å². The molecule has 4 heteroatoms. The lowest BCUT2D eigenvalue weighted by Crippen LogP contribution is -2.01. The summed E-state index contributed by atoms with van der Waals surface area (Å²) in [5.74, 6) is -0.144. The number of rotatable bonds is 3. The Hall–Kier alpha value is -0.610. The van der Waals surface area contributed by atoms with E-state index in [9.17, 15) is 4.39 Å². The van der Waals surface area contributed by atoms with Gasteiger partial charge in [-0.25, -0.2) is 4.39 Å². The largest absolute Gasteiger partial charge is 0.464 e. The van der Waals surface area contributed by atoms with Gasteiger partial charge in [0.05, 0.1) is 0 Å². The van der Waals surface area contributed by atoms with E-state index < -0.39 is 0 Å². The van der Waals surface area contributed by atoms with Crippen molar-refractivity contribution >= 4 is 15.9 Å². The maximum atomic E-state index is 13.4. The molecule has 0 spiro atoms. The lowest BCUT2D eigenvalue weighted by atomic mass is 10.2.